The Balaban J connectivity index is 0. The summed E-state index contributed by atoms with van der Waals surface area (Å²) in [5, 5.41) is 33.8. The topological polar surface area (TPSA) is 101 Å². The molecule has 0 radical (unpaired) electrons. The summed E-state index contributed by atoms with van der Waals surface area (Å²) < 4.78 is 0. The number of carboxylic acids is 1. The van der Waals surface area contributed by atoms with Gasteiger partial charge in [-0.05, 0) is 0 Å². The van der Waals surface area contributed by atoms with E-state index < -0.39 is 17.5 Å². The number of rotatable bonds is 2. The number of aliphatic hydroxyl groups is 3. The molecule has 0 amide bonds. The zero-order valence-corrected chi connectivity index (χ0v) is 7.32. The monoisotopic (exact) mass is 223 g/mol. The van der Waals surface area contributed by atoms with Crippen LogP contribution in [0.1, 0.15) is 0 Å². The molecule has 0 aromatic heterocycles. The van der Waals surface area contributed by atoms with Crippen LogP contribution in [0.15, 0.2) is 12.2 Å². The molecule has 0 heterocycles. The molecule has 0 aliphatic carbocycles. The Hall–Kier alpha value is -0.0269. The fourth-order valence-corrected chi connectivity index (χ4v) is 0.137. The van der Waals surface area contributed by atoms with Crippen LogP contribution in [0, 0.1) is 0 Å². The van der Waals surface area contributed by atoms with Crippen molar-refractivity contribution in [2.75, 3.05) is 0 Å². The third kappa shape index (κ3) is 3.90. The summed E-state index contributed by atoms with van der Waals surface area (Å²) in [7, 11) is 0. The maximum Gasteiger partial charge on any atom is 0.305 e. The molecule has 0 aliphatic heterocycles. The van der Waals surface area contributed by atoms with Crippen molar-refractivity contribution in [2.24, 2.45) is 0 Å². The average molecular weight is 224 g/mol. The van der Waals surface area contributed by atoms with Crippen LogP contribution in [-0.4, -0.2) is 27.3 Å². The van der Waals surface area contributed by atoms with Crippen LogP contribution in [0.5, 0.6) is 0 Å². The minimum Gasteiger partial charge on any atom is -0.545 e. The molecule has 5 nitrogen and oxygen atoms in total. The van der Waals surface area contributed by atoms with Gasteiger partial charge in [-0.2, -0.15) is 0 Å². The SMILES string of the molecule is C=C(C(=O)[O-])C(O)(O)O.[Zr]. The van der Waals surface area contributed by atoms with Gasteiger partial charge in [-0.3, -0.25) is 0 Å². The van der Waals surface area contributed by atoms with E-state index in [0.29, 0.717) is 0 Å². The molecule has 0 bridgehead atoms. The summed E-state index contributed by atoms with van der Waals surface area (Å²) in [6.45, 7) is 2.61. The number of hydrogen-bond acceptors (Lipinski definition) is 5. The second-order valence-corrected chi connectivity index (χ2v) is 1.40. The van der Waals surface area contributed by atoms with Gasteiger partial charge in [0.2, 0.25) is 0 Å². The Labute approximate surface area is 75.7 Å². The third-order valence-electron chi connectivity index (χ3n) is 0.651. The molecule has 56 valence electrons. The zero-order chi connectivity index (χ0) is 7.65. The second kappa shape index (κ2) is 3.98. The van der Waals surface area contributed by atoms with Gasteiger partial charge in [-0.25, -0.2) is 0 Å². The summed E-state index contributed by atoms with van der Waals surface area (Å²) in [6.07, 6.45) is 0. The second-order valence-electron chi connectivity index (χ2n) is 1.40. The van der Waals surface area contributed by atoms with Gasteiger partial charge in [0.15, 0.2) is 0 Å². The largest absolute Gasteiger partial charge is 0.545 e. The number of aliphatic carboxylic acids is 1. The predicted octanol–water partition coefficient (Wildman–Crippen LogP) is -3.08. The van der Waals surface area contributed by atoms with Crippen LogP contribution in [0.2, 0.25) is 0 Å². The number of carbonyl (C=O) groups is 1. The van der Waals surface area contributed by atoms with Gasteiger partial charge in [0.05, 0.1) is 11.5 Å². The van der Waals surface area contributed by atoms with E-state index in [1.165, 1.54) is 0 Å². The minimum atomic E-state index is -3.38. The van der Waals surface area contributed by atoms with Crippen molar-refractivity contribution in [2.45, 2.75) is 5.97 Å². The van der Waals surface area contributed by atoms with E-state index in [9.17, 15) is 9.90 Å². The predicted molar refractivity (Wildman–Crippen MR) is 23.5 cm³/mol. The summed E-state index contributed by atoms with van der Waals surface area (Å²) in [6, 6.07) is 0. The molecule has 0 aliphatic rings. The van der Waals surface area contributed by atoms with Gasteiger partial charge in [0.1, 0.15) is 0 Å². The van der Waals surface area contributed by atoms with Crippen molar-refractivity contribution in [3.8, 4) is 0 Å². The van der Waals surface area contributed by atoms with Gasteiger partial charge in [-0.1, -0.05) is 6.58 Å². The first-order valence-corrected chi connectivity index (χ1v) is 1.93. The molecule has 0 atom stereocenters. The summed E-state index contributed by atoms with van der Waals surface area (Å²) in [4.78, 5) is 9.66. The molecule has 3 N–H and O–H groups in total. The molecule has 0 aromatic rings. The molecule has 0 unspecified atom stereocenters. The molecule has 0 saturated carbocycles. The maximum absolute atomic E-state index is 9.66. The Morgan fingerprint density at radius 1 is 1.40 bits per heavy atom. The van der Waals surface area contributed by atoms with E-state index in [1.54, 1.807) is 0 Å². The van der Waals surface area contributed by atoms with Crippen molar-refractivity contribution in [1.29, 1.82) is 0 Å². The van der Waals surface area contributed by atoms with E-state index in [4.69, 9.17) is 15.3 Å². The maximum atomic E-state index is 9.66. The van der Waals surface area contributed by atoms with Gasteiger partial charge >= 0.3 is 5.97 Å². The third-order valence-corrected chi connectivity index (χ3v) is 0.651. The smallest absolute Gasteiger partial charge is 0.305 e. The van der Waals surface area contributed by atoms with E-state index in [-0.39, 0.29) is 26.2 Å². The first kappa shape index (κ1) is 12.6. The van der Waals surface area contributed by atoms with Crippen molar-refractivity contribution in [1.82, 2.24) is 0 Å². The molecule has 0 aromatic carbocycles. The Kier molecular flexibility index (Phi) is 5.03. The first-order valence-electron chi connectivity index (χ1n) is 1.93. The molecule has 0 rings (SSSR count). The van der Waals surface area contributed by atoms with Crippen molar-refractivity contribution < 1.29 is 51.4 Å². The van der Waals surface area contributed by atoms with Crippen LogP contribution in [0.4, 0.5) is 0 Å². The van der Waals surface area contributed by atoms with E-state index in [1.807, 2.05) is 0 Å². The molecular weight excluding hydrogens is 219 g/mol. The van der Waals surface area contributed by atoms with Crippen LogP contribution < -0.4 is 5.11 Å². The summed E-state index contributed by atoms with van der Waals surface area (Å²) in [5.41, 5.74) is -1.19. The fourth-order valence-electron chi connectivity index (χ4n) is 0.137. The summed E-state index contributed by atoms with van der Waals surface area (Å²) >= 11 is 0. The van der Waals surface area contributed by atoms with Crippen LogP contribution >= 0.6 is 0 Å². The molecule has 0 spiro atoms. The van der Waals surface area contributed by atoms with Crippen LogP contribution in [0.25, 0.3) is 0 Å². The molecule has 0 saturated heterocycles. The molecule has 10 heavy (non-hydrogen) atoms. The summed E-state index contributed by atoms with van der Waals surface area (Å²) in [5.74, 6) is -5.29. The Morgan fingerprint density at radius 3 is 1.70 bits per heavy atom. The quantitative estimate of drug-likeness (QED) is 0.341. The van der Waals surface area contributed by atoms with Gasteiger partial charge in [0, 0.05) is 26.2 Å². The average Bonchev–Trinajstić information content (AvgIpc) is 1.62. The van der Waals surface area contributed by atoms with Crippen molar-refractivity contribution in [3.05, 3.63) is 12.2 Å². The van der Waals surface area contributed by atoms with Gasteiger partial charge in [0.25, 0.3) is 0 Å². The number of hydrogen-bond donors (Lipinski definition) is 3. The molecule has 6 heteroatoms. The normalized spacial score (nSPS) is 9.90. The van der Waals surface area contributed by atoms with Crippen molar-refractivity contribution >= 4 is 5.97 Å². The fraction of sp³-hybridized carbons (Fsp3) is 0.250. The van der Waals surface area contributed by atoms with E-state index in [2.05, 4.69) is 6.58 Å². The molecular formula is C4H5O5Zr-. The first-order chi connectivity index (χ1) is 3.85. The standard InChI is InChI=1S/C4H6O5.Zr/c1-2(3(5)6)4(7,8)9;/h7-9H,1H2,(H,5,6);/p-1. The van der Waals surface area contributed by atoms with Crippen molar-refractivity contribution in [3.63, 3.8) is 0 Å². The van der Waals surface area contributed by atoms with Crippen LogP contribution in [-0.2, 0) is 31.0 Å². The van der Waals surface area contributed by atoms with Crippen LogP contribution in [0.3, 0.4) is 0 Å². The van der Waals surface area contributed by atoms with E-state index in [0.717, 1.165) is 0 Å². The number of carboxylic acid groups (broad SMARTS) is 1. The Bertz CT molecular complexity index is 146. The number of carbonyl (C=O) groups excluding carboxylic acids is 1. The zero-order valence-electron chi connectivity index (χ0n) is 4.87. The Morgan fingerprint density at radius 2 is 1.70 bits per heavy atom. The van der Waals surface area contributed by atoms with Gasteiger partial charge in [-0.15, -0.1) is 0 Å². The van der Waals surface area contributed by atoms with Gasteiger partial charge < -0.3 is 25.2 Å². The molecule has 0 fully saturated rings. The van der Waals surface area contributed by atoms with E-state index >= 15 is 0 Å². The minimum absolute atomic E-state index is 0.